The zero-order valence-electron chi connectivity index (χ0n) is 11.7. The van der Waals surface area contributed by atoms with Crippen LogP contribution in [0.25, 0.3) is 0 Å². The average Bonchev–Trinajstić information content (AvgIpc) is 2.46. The summed E-state index contributed by atoms with van der Waals surface area (Å²) < 4.78 is 5.51. The van der Waals surface area contributed by atoms with Crippen LogP contribution in [-0.4, -0.2) is 29.3 Å². The zero-order valence-corrected chi connectivity index (χ0v) is 11.7. The molecule has 110 valence electrons. The van der Waals surface area contributed by atoms with Gasteiger partial charge in [-0.1, -0.05) is 12.1 Å². The number of phenolic OH excluding ortho intramolecular Hbond substituents is 2. The van der Waals surface area contributed by atoms with Gasteiger partial charge in [-0.05, 0) is 42.8 Å². The lowest BCUT2D eigenvalue weighted by atomic mass is 10.2. The molecular weight excluding hydrogens is 270 g/mol. The number of aryl methyl sites for hydroxylation is 1. The molecule has 0 aliphatic carbocycles. The fourth-order valence-electron chi connectivity index (χ4n) is 1.81. The molecule has 2 aromatic rings. The quantitative estimate of drug-likeness (QED) is 0.582. The van der Waals surface area contributed by atoms with Gasteiger partial charge in [0, 0.05) is 5.56 Å². The van der Waals surface area contributed by atoms with E-state index in [-0.39, 0.29) is 23.0 Å². The van der Waals surface area contributed by atoms with E-state index in [1.54, 1.807) is 0 Å². The first-order valence-electron chi connectivity index (χ1n) is 6.56. The summed E-state index contributed by atoms with van der Waals surface area (Å²) in [7, 11) is 0. The number of phenols is 2. The van der Waals surface area contributed by atoms with Gasteiger partial charge in [0.1, 0.15) is 12.4 Å². The topological polar surface area (TPSA) is 78.8 Å². The molecule has 21 heavy (non-hydrogen) atoms. The van der Waals surface area contributed by atoms with Gasteiger partial charge in [0.05, 0.1) is 6.54 Å². The van der Waals surface area contributed by atoms with E-state index in [4.69, 9.17) is 4.74 Å². The number of ether oxygens (including phenoxy) is 1. The number of carbonyl (C=O) groups excluding carboxylic acids is 1. The molecule has 0 saturated carbocycles. The second-order valence-electron chi connectivity index (χ2n) is 4.62. The zero-order chi connectivity index (χ0) is 15.2. The van der Waals surface area contributed by atoms with E-state index in [0.717, 1.165) is 11.3 Å². The highest BCUT2D eigenvalue weighted by Gasteiger charge is 2.08. The van der Waals surface area contributed by atoms with E-state index in [9.17, 15) is 15.0 Å². The fraction of sp³-hybridized carbons (Fsp3) is 0.188. The Balaban J connectivity index is 1.80. The highest BCUT2D eigenvalue weighted by Crippen LogP contribution is 2.24. The van der Waals surface area contributed by atoms with Crippen LogP contribution in [0.15, 0.2) is 42.5 Å². The molecule has 2 rings (SSSR count). The lowest BCUT2D eigenvalue weighted by molar-refractivity contribution is 0.0946. The van der Waals surface area contributed by atoms with E-state index in [2.05, 4.69) is 5.32 Å². The molecule has 2 aromatic carbocycles. The summed E-state index contributed by atoms with van der Waals surface area (Å²) in [6, 6.07) is 11.6. The van der Waals surface area contributed by atoms with Crippen LogP contribution in [0, 0.1) is 6.92 Å². The van der Waals surface area contributed by atoms with Crippen molar-refractivity contribution >= 4 is 5.91 Å². The minimum Gasteiger partial charge on any atom is -0.504 e. The highest BCUT2D eigenvalue weighted by atomic mass is 16.5. The Morgan fingerprint density at radius 1 is 1.14 bits per heavy atom. The van der Waals surface area contributed by atoms with Gasteiger partial charge in [-0.15, -0.1) is 0 Å². The summed E-state index contributed by atoms with van der Waals surface area (Å²) >= 11 is 0. The van der Waals surface area contributed by atoms with Crippen LogP contribution in [0.5, 0.6) is 17.2 Å². The van der Waals surface area contributed by atoms with Crippen LogP contribution in [0.3, 0.4) is 0 Å². The SMILES string of the molecule is Cc1cccc(OCCNC(=O)c2ccc(O)c(O)c2)c1. The molecule has 0 atom stereocenters. The van der Waals surface area contributed by atoms with Gasteiger partial charge in [-0.3, -0.25) is 4.79 Å². The number of nitrogens with one attached hydrogen (secondary N) is 1. The van der Waals surface area contributed by atoms with Crippen molar-refractivity contribution in [3.8, 4) is 17.2 Å². The molecule has 0 spiro atoms. The Bertz CT molecular complexity index is 640. The lowest BCUT2D eigenvalue weighted by Gasteiger charge is -2.08. The number of rotatable bonds is 5. The molecule has 0 aliphatic heterocycles. The van der Waals surface area contributed by atoms with Crippen molar-refractivity contribution in [3.63, 3.8) is 0 Å². The third kappa shape index (κ3) is 4.14. The normalized spacial score (nSPS) is 10.1. The van der Waals surface area contributed by atoms with Crippen molar-refractivity contribution < 1.29 is 19.7 Å². The summed E-state index contributed by atoms with van der Waals surface area (Å²) in [4.78, 5) is 11.8. The Hall–Kier alpha value is -2.69. The maximum Gasteiger partial charge on any atom is 0.251 e. The van der Waals surface area contributed by atoms with Crippen LogP contribution in [0.2, 0.25) is 0 Å². The average molecular weight is 287 g/mol. The maximum atomic E-state index is 11.8. The Kier molecular flexibility index (Phi) is 4.66. The first-order valence-corrected chi connectivity index (χ1v) is 6.56. The van der Waals surface area contributed by atoms with E-state index in [1.165, 1.54) is 18.2 Å². The summed E-state index contributed by atoms with van der Waals surface area (Å²) in [5, 5.41) is 21.2. The lowest BCUT2D eigenvalue weighted by Crippen LogP contribution is -2.28. The minimum atomic E-state index is -0.335. The Labute approximate surface area is 122 Å². The Morgan fingerprint density at radius 2 is 1.95 bits per heavy atom. The van der Waals surface area contributed by atoms with Gasteiger partial charge in [-0.2, -0.15) is 0 Å². The highest BCUT2D eigenvalue weighted by molar-refractivity contribution is 5.94. The summed E-state index contributed by atoms with van der Waals surface area (Å²) in [5.74, 6) is -0.155. The first-order chi connectivity index (χ1) is 10.1. The van der Waals surface area contributed by atoms with Gasteiger partial charge >= 0.3 is 0 Å². The second kappa shape index (κ2) is 6.65. The van der Waals surface area contributed by atoms with E-state index < -0.39 is 0 Å². The molecule has 0 heterocycles. The first kappa shape index (κ1) is 14.7. The molecule has 0 aromatic heterocycles. The number of amides is 1. The van der Waals surface area contributed by atoms with Crippen molar-refractivity contribution in [2.75, 3.05) is 13.2 Å². The number of hydrogen-bond acceptors (Lipinski definition) is 4. The molecule has 0 unspecified atom stereocenters. The minimum absolute atomic E-state index is 0.255. The molecule has 1 amide bonds. The molecule has 0 bridgehead atoms. The number of benzene rings is 2. The summed E-state index contributed by atoms with van der Waals surface area (Å²) in [6.07, 6.45) is 0. The van der Waals surface area contributed by atoms with Crippen molar-refractivity contribution in [2.24, 2.45) is 0 Å². The van der Waals surface area contributed by atoms with Crippen LogP contribution in [0.4, 0.5) is 0 Å². The van der Waals surface area contributed by atoms with E-state index in [1.807, 2.05) is 31.2 Å². The van der Waals surface area contributed by atoms with Crippen LogP contribution >= 0.6 is 0 Å². The smallest absolute Gasteiger partial charge is 0.251 e. The summed E-state index contributed by atoms with van der Waals surface area (Å²) in [5.41, 5.74) is 1.39. The molecular formula is C16H17NO4. The second-order valence-corrected chi connectivity index (χ2v) is 4.62. The van der Waals surface area contributed by atoms with Crippen LogP contribution in [0.1, 0.15) is 15.9 Å². The molecule has 3 N–H and O–H groups in total. The molecule has 0 radical (unpaired) electrons. The van der Waals surface area contributed by atoms with E-state index in [0.29, 0.717) is 13.2 Å². The Morgan fingerprint density at radius 3 is 2.67 bits per heavy atom. The standard InChI is InChI=1S/C16H17NO4/c1-11-3-2-4-13(9-11)21-8-7-17-16(20)12-5-6-14(18)15(19)10-12/h2-6,9-10,18-19H,7-8H2,1H3,(H,17,20). The molecule has 5 nitrogen and oxygen atoms in total. The van der Waals surface area contributed by atoms with Gasteiger partial charge in [0.15, 0.2) is 11.5 Å². The predicted octanol–water partition coefficient (Wildman–Crippen LogP) is 2.22. The summed E-state index contributed by atoms with van der Waals surface area (Å²) in [6.45, 7) is 2.67. The van der Waals surface area contributed by atoms with Crippen LogP contribution in [-0.2, 0) is 0 Å². The number of hydrogen-bond donors (Lipinski definition) is 3. The number of carbonyl (C=O) groups is 1. The van der Waals surface area contributed by atoms with E-state index >= 15 is 0 Å². The van der Waals surface area contributed by atoms with Gasteiger partial charge in [0.2, 0.25) is 0 Å². The van der Waals surface area contributed by atoms with Crippen molar-refractivity contribution in [1.29, 1.82) is 0 Å². The third-order valence-electron chi connectivity index (χ3n) is 2.88. The largest absolute Gasteiger partial charge is 0.504 e. The molecule has 0 saturated heterocycles. The molecule has 0 fully saturated rings. The van der Waals surface area contributed by atoms with Crippen LogP contribution < -0.4 is 10.1 Å². The monoisotopic (exact) mass is 287 g/mol. The van der Waals surface area contributed by atoms with Crippen molar-refractivity contribution in [2.45, 2.75) is 6.92 Å². The molecule has 0 aliphatic rings. The third-order valence-corrected chi connectivity index (χ3v) is 2.88. The molecule has 5 heteroatoms. The van der Waals surface area contributed by atoms with Gasteiger partial charge in [-0.25, -0.2) is 0 Å². The van der Waals surface area contributed by atoms with Gasteiger partial charge < -0.3 is 20.3 Å². The van der Waals surface area contributed by atoms with Crippen molar-refractivity contribution in [1.82, 2.24) is 5.32 Å². The fourth-order valence-corrected chi connectivity index (χ4v) is 1.81. The van der Waals surface area contributed by atoms with Crippen molar-refractivity contribution in [3.05, 3.63) is 53.6 Å². The number of aromatic hydroxyl groups is 2. The van der Waals surface area contributed by atoms with Gasteiger partial charge in [0.25, 0.3) is 5.91 Å². The maximum absolute atomic E-state index is 11.8. The predicted molar refractivity (Wildman–Crippen MR) is 78.8 cm³/mol.